The number of primary amides is 1. The molecule has 4 rings (SSSR count). The number of nitrogens with two attached hydrogens (primary N) is 1. The number of halogens is 3. The van der Waals surface area contributed by atoms with Crippen molar-refractivity contribution in [2.45, 2.75) is 38.4 Å². The van der Waals surface area contributed by atoms with Gasteiger partial charge in [-0.2, -0.15) is 13.2 Å². The minimum absolute atomic E-state index is 0.0581. The minimum atomic E-state index is -4.46. The lowest BCUT2D eigenvalue weighted by atomic mass is 9.71. The maximum Gasteiger partial charge on any atom is 0.432 e. The standard InChI is InChI=1S/C20H28F3N5O3/c21-20(22,23)15-9-25-16(26-15)11-27-10-14(19(12-27)3-7-31-8-4-19)18(30)28-5-1-13(2-6-28)17(24)29/h9,13-14H,1-8,10-12H2,(H2,24,29)(H,25,26). The van der Waals surface area contributed by atoms with E-state index in [2.05, 4.69) is 9.97 Å². The molecule has 2 amide bonds. The average molecular weight is 443 g/mol. The average Bonchev–Trinajstić information content (AvgIpc) is 3.33. The van der Waals surface area contributed by atoms with Gasteiger partial charge in [-0.15, -0.1) is 0 Å². The Labute approximate surface area is 178 Å². The fourth-order valence-electron chi connectivity index (χ4n) is 5.22. The Bertz CT molecular complexity index is 813. The smallest absolute Gasteiger partial charge is 0.381 e. The van der Waals surface area contributed by atoms with Crippen molar-refractivity contribution < 1.29 is 27.5 Å². The third-order valence-corrected chi connectivity index (χ3v) is 7.02. The van der Waals surface area contributed by atoms with Gasteiger partial charge in [-0.25, -0.2) is 4.98 Å². The van der Waals surface area contributed by atoms with Crippen molar-refractivity contribution in [3.05, 3.63) is 17.7 Å². The second kappa shape index (κ2) is 8.42. The molecule has 31 heavy (non-hydrogen) atoms. The molecule has 8 nitrogen and oxygen atoms in total. The van der Waals surface area contributed by atoms with Gasteiger partial charge >= 0.3 is 6.18 Å². The fraction of sp³-hybridized carbons (Fsp3) is 0.750. The van der Waals surface area contributed by atoms with Gasteiger partial charge in [-0.3, -0.25) is 14.5 Å². The monoisotopic (exact) mass is 443 g/mol. The summed E-state index contributed by atoms with van der Waals surface area (Å²) in [5.74, 6) is -0.467. The highest BCUT2D eigenvalue weighted by Crippen LogP contribution is 2.45. The third kappa shape index (κ3) is 4.57. The number of hydrogen-bond donors (Lipinski definition) is 2. The normalized spacial score (nSPS) is 25.3. The number of ether oxygens (including phenoxy) is 1. The number of aromatic nitrogens is 2. The van der Waals surface area contributed by atoms with E-state index in [1.54, 1.807) is 0 Å². The molecule has 0 aliphatic carbocycles. The Kier molecular flexibility index (Phi) is 5.99. The summed E-state index contributed by atoms with van der Waals surface area (Å²) in [4.78, 5) is 35.0. The van der Waals surface area contributed by atoms with Crippen LogP contribution in [-0.2, 0) is 27.0 Å². The van der Waals surface area contributed by atoms with Gasteiger partial charge in [-0.05, 0) is 25.7 Å². The lowest BCUT2D eigenvalue weighted by Gasteiger charge is -2.40. The van der Waals surface area contributed by atoms with E-state index in [0.717, 1.165) is 19.0 Å². The van der Waals surface area contributed by atoms with E-state index in [-0.39, 0.29) is 41.4 Å². The van der Waals surface area contributed by atoms with Crippen molar-refractivity contribution in [1.29, 1.82) is 0 Å². The van der Waals surface area contributed by atoms with E-state index in [4.69, 9.17) is 10.5 Å². The first-order valence-electron chi connectivity index (χ1n) is 10.7. The molecule has 1 unspecified atom stereocenters. The number of nitrogens with zero attached hydrogens (tertiary/aromatic N) is 3. The topological polar surface area (TPSA) is 105 Å². The van der Waals surface area contributed by atoms with Crippen molar-refractivity contribution >= 4 is 11.8 Å². The van der Waals surface area contributed by atoms with Crippen molar-refractivity contribution in [1.82, 2.24) is 19.8 Å². The fourth-order valence-corrected chi connectivity index (χ4v) is 5.22. The lowest BCUT2D eigenvalue weighted by molar-refractivity contribution is -0.143. The van der Waals surface area contributed by atoms with Crippen LogP contribution < -0.4 is 5.73 Å². The Morgan fingerprint density at radius 1 is 1.26 bits per heavy atom. The molecule has 0 radical (unpaired) electrons. The van der Waals surface area contributed by atoms with Crippen LogP contribution in [0, 0.1) is 17.3 Å². The van der Waals surface area contributed by atoms with Crippen LogP contribution in [0.15, 0.2) is 6.20 Å². The minimum Gasteiger partial charge on any atom is -0.381 e. The van der Waals surface area contributed by atoms with E-state index < -0.39 is 11.9 Å². The van der Waals surface area contributed by atoms with Crippen molar-refractivity contribution in [2.24, 2.45) is 23.0 Å². The van der Waals surface area contributed by atoms with Gasteiger partial charge in [0.05, 0.1) is 18.7 Å². The molecular weight excluding hydrogens is 415 g/mol. The van der Waals surface area contributed by atoms with Crippen molar-refractivity contribution in [3.63, 3.8) is 0 Å². The number of likely N-dealkylation sites (tertiary alicyclic amines) is 2. The van der Waals surface area contributed by atoms with Crippen LogP contribution in [-0.4, -0.2) is 71.0 Å². The summed E-state index contributed by atoms with van der Waals surface area (Å²) in [5, 5.41) is 0. The highest BCUT2D eigenvalue weighted by atomic mass is 19.4. The first-order chi connectivity index (χ1) is 14.7. The number of imidazole rings is 1. The Morgan fingerprint density at radius 2 is 1.94 bits per heavy atom. The number of piperidine rings is 1. The first kappa shape index (κ1) is 22.1. The molecule has 3 aliphatic rings. The molecule has 3 fully saturated rings. The number of rotatable bonds is 4. The molecule has 3 saturated heterocycles. The van der Waals surface area contributed by atoms with Crippen LogP contribution in [0.4, 0.5) is 13.2 Å². The summed E-state index contributed by atoms with van der Waals surface area (Å²) in [7, 11) is 0. The van der Waals surface area contributed by atoms with Gasteiger partial charge in [0, 0.05) is 50.7 Å². The molecule has 1 aromatic heterocycles. The molecule has 1 spiro atoms. The molecule has 1 atom stereocenters. The molecule has 0 bridgehead atoms. The summed E-state index contributed by atoms with van der Waals surface area (Å²) in [6.45, 7) is 3.46. The zero-order valence-corrected chi connectivity index (χ0v) is 17.3. The number of H-pyrrole nitrogens is 1. The Morgan fingerprint density at radius 3 is 2.52 bits per heavy atom. The predicted octanol–water partition coefficient (Wildman–Crippen LogP) is 1.38. The number of amides is 2. The lowest BCUT2D eigenvalue weighted by Crippen LogP contribution is -2.49. The SMILES string of the molecule is NC(=O)C1CCN(C(=O)C2CN(Cc3ncc(C(F)(F)F)[nH]3)CC23CCOCC3)CC1. The molecule has 0 aromatic carbocycles. The van der Waals surface area contributed by atoms with Crippen LogP contribution in [0.2, 0.25) is 0 Å². The predicted molar refractivity (Wildman–Crippen MR) is 103 cm³/mol. The first-order valence-corrected chi connectivity index (χ1v) is 10.7. The number of alkyl halides is 3. The molecule has 3 N–H and O–H groups in total. The van der Waals surface area contributed by atoms with Crippen molar-refractivity contribution in [2.75, 3.05) is 39.4 Å². The summed E-state index contributed by atoms with van der Waals surface area (Å²) >= 11 is 0. The second-order valence-electron chi connectivity index (χ2n) is 8.94. The van der Waals surface area contributed by atoms with Gasteiger partial charge in [-0.1, -0.05) is 0 Å². The van der Waals surface area contributed by atoms with E-state index in [0.29, 0.717) is 52.2 Å². The second-order valence-corrected chi connectivity index (χ2v) is 8.94. The molecule has 0 saturated carbocycles. The summed E-state index contributed by atoms with van der Waals surface area (Å²) in [6, 6.07) is 0. The van der Waals surface area contributed by atoms with E-state index >= 15 is 0 Å². The molecule has 172 valence electrons. The van der Waals surface area contributed by atoms with Crippen LogP contribution >= 0.6 is 0 Å². The number of carbonyl (C=O) groups is 2. The van der Waals surface area contributed by atoms with Crippen molar-refractivity contribution in [3.8, 4) is 0 Å². The van der Waals surface area contributed by atoms with Gasteiger partial charge in [0.25, 0.3) is 0 Å². The quantitative estimate of drug-likeness (QED) is 0.732. The molecule has 1 aromatic rings. The largest absolute Gasteiger partial charge is 0.432 e. The highest BCUT2D eigenvalue weighted by Gasteiger charge is 2.51. The summed E-state index contributed by atoms with van der Waals surface area (Å²) in [6.07, 6.45) is -1.04. The third-order valence-electron chi connectivity index (χ3n) is 7.02. The van der Waals surface area contributed by atoms with Gasteiger partial charge in [0.15, 0.2) is 0 Å². The van der Waals surface area contributed by atoms with Gasteiger partial charge in [0.2, 0.25) is 11.8 Å². The van der Waals surface area contributed by atoms with Gasteiger partial charge < -0.3 is 20.4 Å². The Hall–Kier alpha value is -2.14. The molecule has 3 aliphatic heterocycles. The van der Waals surface area contributed by atoms with E-state index in [1.165, 1.54) is 0 Å². The number of hydrogen-bond acceptors (Lipinski definition) is 5. The zero-order chi connectivity index (χ0) is 22.2. The summed E-state index contributed by atoms with van der Waals surface area (Å²) in [5.41, 5.74) is 4.28. The van der Waals surface area contributed by atoms with Crippen LogP contribution in [0.1, 0.15) is 37.2 Å². The number of carbonyl (C=O) groups excluding carboxylic acids is 2. The maximum atomic E-state index is 13.5. The summed E-state index contributed by atoms with van der Waals surface area (Å²) < 4.78 is 44.1. The van der Waals surface area contributed by atoms with Crippen LogP contribution in [0.25, 0.3) is 0 Å². The van der Waals surface area contributed by atoms with Crippen LogP contribution in [0.5, 0.6) is 0 Å². The zero-order valence-electron chi connectivity index (χ0n) is 17.3. The molecular formula is C20H28F3N5O3. The number of aromatic amines is 1. The number of nitrogens with one attached hydrogen (secondary N) is 1. The van der Waals surface area contributed by atoms with Gasteiger partial charge in [0.1, 0.15) is 11.5 Å². The highest BCUT2D eigenvalue weighted by molar-refractivity contribution is 5.81. The van der Waals surface area contributed by atoms with E-state index in [9.17, 15) is 22.8 Å². The van der Waals surface area contributed by atoms with E-state index in [1.807, 2.05) is 9.80 Å². The molecule has 11 heteroatoms. The Balaban J connectivity index is 1.46. The maximum absolute atomic E-state index is 13.5. The van der Waals surface area contributed by atoms with Crippen LogP contribution in [0.3, 0.4) is 0 Å². The molecule has 4 heterocycles.